The number of hydrogen-bond acceptors (Lipinski definition) is 5. The van der Waals surface area contributed by atoms with Crippen molar-refractivity contribution in [2.75, 3.05) is 7.05 Å². The van der Waals surface area contributed by atoms with Crippen LogP contribution in [-0.2, 0) is 16.1 Å². The van der Waals surface area contributed by atoms with Gasteiger partial charge in [-0.05, 0) is 36.8 Å². The van der Waals surface area contributed by atoms with Crippen molar-refractivity contribution in [3.8, 4) is 5.69 Å². The molecule has 144 valence electrons. The Morgan fingerprint density at radius 2 is 2.07 bits per heavy atom. The van der Waals surface area contributed by atoms with Crippen LogP contribution in [0.1, 0.15) is 22.8 Å². The molecule has 0 radical (unpaired) electrons. The van der Waals surface area contributed by atoms with Gasteiger partial charge in [0.15, 0.2) is 6.10 Å². The summed E-state index contributed by atoms with van der Waals surface area (Å²) in [4.78, 5) is 30.1. The first-order chi connectivity index (χ1) is 13.4. The molecule has 0 saturated heterocycles. The number of aromatic nitrogens is 3. The molecule has 0 bridgehead atoms. The lowest BCUT2D eigenvalue weighted by Gasteiger charge is -2.21. The van der Waals surface area contributed by atoms with Gasteiger partial charge in [0.25, 0.3) is 5.91 Å². The SMILES string of the molecule is C[C@H](OC(=O)c1cnn(-c2cccnc2)c1)C(=O)N(C)Cc1cccc(F)c1. The molecule has 0 aliphatic rings. The van der Waals surface area contributed by atoms with E-state index >= 15 is 0 Å². The van der Waals surface area contributed by atoms with Crippen LogP contribution in [0.2, 0.25) is 0 Å². The van der Waals surface area contributed by atoms with Gasteiger partial charge in [0.1, 0.15) is 5.82 Å². The largest absolute Gasteiger partial charge is 0.449 e. The van der Waals surface area contributed by atoms with Gasteiger partial charge in [-0.3, -0.25) is 9.78 Å². The summed E-state index contributed by atoms with van der Waals surface area (Å²) in [6.45, 7) is 1.70. The number of likely N-dealkylation sites (N-methyl/N-ethyl adjacent to an activating group) is 1. The zero-order valence-electron chi connectivity index (χ0n) is 15.4. The van der Waals surface area contributed by atoms with Gasteiger partial charge in [-0.25, -0.2) is 13.9 Å². The Hall–Kier alpha value is -3.55. The highest BCUT2D eigenvalue weighted by Gasteiger charge is 2.23. The Morgan fingerprint density at radius 1 is 1.25 bits per heavy atom. The number of hydrogen-bond donors (Lipinski definition) is 0. The second kappa shape index (κ2) is 8.43. The molecule has 0 fully saturated rings. The van der Waals surface area contributed by atoms with Crippen LogP contribution in [0.5, 0.6) is 0 Å². The Balaban J connectivity index is 1.60. The maximum absolute atomic E-state index is 13.3. The maximum atomic E-state index is 13.3. The quantitative estimate of drug-likeness (QED) is 0.613. The smallest absolute Gasteiger partial charge is 0.342 e. The van der Waals surface area contributed by atoms with Crippen LogP contribution in [0, 0.1) is 5.82 Å². The monoisotopic (exact) mass is 382 g/mol. The van der Waals surface area contributed by atoms with Gasteiger partial charge in [-0.15, -0.1) is 0 Å². The zero-order valence-corrected chi connectivity index (χ0v) is 15.4. The Labute approximate surface area is 161 Å². The van der Waals surface area contributed by atoms with Gasteiger partial charge in [-0.1, -0.05) is 12.1 Å². The highest BCUT2D eigenvalue weighted by molar-refractivity contribution is 5.91. The molecule has 28 heavy (non-hydrogen) atoms. The van der Waals surface area contributed by atoms with Crippen LogP contribution >= 0.6 is 0 Å². The number of rotatable bonds is 6. The summed E-state index contributed by atoms with van der Waals surface area (Å²) in [6.07, 6.45) is 5.12. The molecule has 0 unspecified atom stereocenters. The molecule has 3 rings (SSSR count). The van der Waals surface area contributed by atoms with Crippen LogP contribution in [0.3, 0.4) is 0 Å². The summed E-state index contributed by atoms with van der Waals surface area (Å²) in [5.41, 5.74) is 1.56. The van der Waals surface area contributed by atoms with Gasteiger partial charge in [0, 0.05) is 26.0 Å². The van der Waals surface area contributed by atoms with Crippen molar-refractivity contribution in [3.63, 3.8) is 0 Å². The van der Waals surface area contributed by atoms with Crippen LogP contribution in [0.15, 0.2) is 61.2 Å². The number of esters is 1. The molecule has 0 aliphatic carbocycles. The van der Waals surface area contributed by atoms with Gasteiger partial charge in [0.05, 0.1) is 23.6 Å². The lowest BCUT2D eigenvalue weighted by atomic mass is 10.2. The van der Waals surface area contributed by atoms with E-state index in [0.717, 1.165) is 0 Å². The summed E-state index contributed by atoms with van der Waals surface area (Å²) in [5.74, 6) is -1.42. The lowest BCUT2D eigenvalue weighted by Crippen LogP contribution is -2.37. The van der Waals surface area contributed by atoms with Crippen molar-refractivity contribution >= 4 is 11.9 Å². The van der Waals surface area contributed by atoms with Crippen LogP contribution in [0.25, 0.3) is 5.69 Å². The second-order valence-corrected chi connectivity index (χ2v) is 6.26. The summed E-state index contributed by atoms with van der Waals surface area (Å²) in [7, 11) is 1.57. The van der Waals surface area contributed by atoms with Crippen LogP contribution < -0.4 is 0 Å². The highest BCUT2D eigenvalue weighted by Crippen LogP contribution is 2.11. The first-order valence-corrected chi connectivity index (χ1v) is 8.59. The minimum absolute atomic E-state index is 0.206. The van der Waals surface area contributed by atoms with Gasteiger partial charge < -0.3 is 9.64 Å². The molecule has 0 N–H and O–H groups in total. The predicted octanol–water partition coefficient (Wildman–Crippen LogP) is 2.61. The van der Waals surface area contributed by atoms with Crippen molar-refractivity contribution in [3.05, 3.63) is 78.1 Å². The van der Waals surface area contributed by atoms with E-state index in [4.69, 9.17) is 4.74 Å². The number of ether oxygens (including phenoxy) is 1. The summed E-state index contributed by atoms with van der Waals surface area (Å²) >= 11 is 0. The third kappa shape index (κ3) is 4.59. The highest BCUT2D eigenvalue weighted by atomic mass is 19.1. The third-order valence-electron chi connectivity index (χ3n) is 4.05. The van der Waals surface area contributed by atoms with Crippen LogP contribution in [0.4, 0.5) is 4.39 Å². The molecule has 1 amide bonds. The first-order valence-electron chi connectivity index (χ1n) is 8.59. The van der Waals surface area contributed by atoms with Crippen molar-refractivity contribution in [2.24, 2.45) is 0 Å². The zero-order chi connectivity index (χ0) is 20.1. The van der Waals surface area contributed by atoms with E-state index in [-0.39, 0.29) is 17.9 Å². The van der Waals surface area contributed by atoms with Crippen molar-refractivity contribution in [1.29, 1.82) is 0 Å². The molecule has 0 spiro atoms. The normalized spacial score (nSPS) is 11.7. The maximum Gasteiger partial charge on any atom is 0.342 e. The van der Waals surface area contributed by atoms with E-state index in [0.29, 0.717) is 11.3 Å². The minimum atomic E-state index is -0.993. The topological polar surface area (TPSA) is 77.3 Å². The number of carbonyl (C=O) groups is 2. The molecule has 3 aromatic rings. The molecule has 1 atom stereocenters. The number of nitrogens with zero attached hydrogens (tertiary/aromatic N) is 4. The van der Waals surface area contributed by atoms with E-state index in [1.54, 1.807) is 43.7 Å². The molecule has 0 saturated carbocycles. The van der Waals surface area contributed by atoms with E-state index < -0.39 is 18.0 Å². The number of pyridine rings is 1. The van der Waals surface area contributed by atoms with Gasteiger partial charge in [0.2, 0.25) is 0 Å². The predicted molar refractivity (Wildman–Crippen MR) is 99.1 cm³/mol. The average molecular weight is 382 g/mol. The average Bonchev–Trinajstić information content (AvgIpc) is 3.18. The van der Waals surface area contributed by atoms with Crippen molar-refractivity contribution in [2.45, 2.75) is 19.6 Å². The fourth-order valence-corrected chi connectivity index (χ4v) is 2.64. The number of halogens is 1. The summed E-state index contributed by atoms with van der Waals surface area (Å²) < 4.78 is 20.0. The van der Waals surface area contributed by atoms with Gasteiger partial charge in [-0.2, -0.15) is 5.10 Å². The Kier molecular flexibility index (Phi) is 5.78. The third-order valence-corrected chi connectivity index (χ3v) is 4.05. The molecule has 1 aromatic carbocycles. The van der Waals surface area contributed by atoms with E-state index in [2.05, 4.69) is 10.1 Å². The first kappa shape index (κ1) is 19.2. The molecule has 0 aliphatic heterocycles. The molecular formula is C20H19FN4O3. The fraction of sp³-hybridized carbons (Fsp3) is 0.200. The number of benzene rings is 1. The minimum Gasteiger partial charge on any atom is -0.449 e. The summed E-state index contributed by atoms with van der Waals surface area (Å²) in [6, 6.07) is 9.53. The number of carbonyl (C=O) groups excluding carboxylic acids is 2. The molecular weight excluding hydrogens is 363 g/mol. The molecule has 8 heteroatoms. The molecule has 7 nitrogen and oxygen atoms in total. The van der Waals surface area contributed by atoms with Gasteiger partial charge >= 0.3 is 5.97 Å². The Bertz CT molecular complexity index is 974. The standard InChI is InChI=1S/C20H19FN4O3/c1-14(19(26)24(2)12-15-5-3-6-17(21)9-15)28-20(27)16-10-23-25(13-16)18-7-4-8-22-11-18/h3-11,13-14H,12H2,1-2H3/t14-/m0/s1. The van der Waals surface area contributed by atoms with Crippen molar-refractivity contribution < 1.29 is 18.7 Å². The van der Waals surface area contributed by atoms with Crippen molar-refractivity contribution in [1.82, 2.24) is 19.7 Å². The summed E-state index contributed by atoms with van der Waals surface area (Å²) in [5, 5.41) is 4.10. The fourth-order valence-electron chi connectivity index (χ4n) is 2.64. The lowest BCUT2D eigenvalue weighted by molar-refractivity contribution is -0.139. The van der Waals surface area contributed by atoms with E-state index in [9.17, 15) is 14.0 Å². The van der Waals surface area contributed by atoms with E-state index in [1.165, 1.54) is 41.0 Å². The van der Waals surface area contributed by atoms with E-state index in [1.807, 2.05) is 0 Å². The molecule has 2 heterocycles. The number of amides is 1. The van der Waals surface area contributed by atoms with Crippen LogP contribution in [-0.4, -0.2) is 44.7 Å². The second-order valence-electron chi connectivity index (χ2n) is 6.26. The molecule has 2 aromatic heterocycles. The Morgan fingerprint density at radius 3 is 2.79 bits per heavy atom.